The van der Waals surface area contributed by atoms with E-state index in [2.05, 4.69) is 9.68 Å². The predicted octanol–water partition coefficient (Wildman–Crippen LogP) is 0.0580. The summed E-state index contributed by atoms with van der Waals surface area (Å²) in [5.74, 6) is 6.03. The molecule has 0 bridgehead atoms. The molecule has 3 N–H and O–H groups in total. The molecule has 0 spiro atoms. The van der Waals surface area contributed by atoms with Crippen molar-refractivity contribution in [1.82, 2.24) is 5.16 Å². The van der Waals surface area contributed by atoms with E-state index in [0.717, 1.165) is 6.42 Å². The summed E-state index contributed by atoms with van der Waals surface area (Å²) in [6.45, 7) is 2.69. The lowest BCUT2D eigenvalue weighted by Crippen LogP contribution is -2.31. The Morgan fingerprint density at radius 1 is 1.82 bits per heavy atom. The van der Waals surface area contributed by atoms with Crippen LogP contribution in [-0.2, 0) is 0 Å². The van der Waals surface area contributed by atoms with Crippen molar-refractivity contribution in [3.63, 3.8) is 0 Å². The van der Waals surface area contributed by atoms with Crippen LogP contribution in [0.3, 0.4) is 0 Å². The third-order valence-corrected chi connectivity index (χ3v) is 1.28. The van der Waals surface area contributed by atoms with E-state index in [1.807, 2.05) is 6.92 Å². The molecule has 0 saturated heterocycles. The number of hydrazine groups is 1. The molecule has 62 valence electrons. The van der Waals surface area contributed by atoms with Gasteiger partial charge < -0.3 is 4.52 Å². The largest absolute Gasteiger partial charge is 0.359 e. The Labute approximate surface area is 63.7 Å². The van der Waals surface area contributed by atoms with E-state index in [-0.39, 0.29) is 0 Å². The van der Waals surface area contributed by atoms with E-state index in [1.165, 1.54) is 11.1 Å². The highest BCUT2D eigenvalue weighted by Crippen LogP contribution is 2.01. The summed E-state index contributed by atoms with van der Waals surface area (Å²) in [6, 6.07) is 1.32. The number of aromatic amines is 1. The van der Waals surface area contributed by atoms with Gasteiger partial charge in [-0.1, -0.05) is 6.92 Å². The van der Waals surface area contributed by atoms with Gasteiger partial charge in [0.15, 0.2) is 5.82 Å². The zero-order valence-corrected chi connectivity index (χ0v) is 6.33. The molecule has 0 unspecified atom stereocenters. The van der Waals surface area contributed by atoms with Crippen LogP contribution in [0.5, 0.6) is 0 Å². The van der Waals surface area contributed by atoms with Gasteiger partial charge in [-0.2, -0.15) is 0 Å². The number of nitrogens with one attached hydrogen (secondary N) is 1. The maximum Gasteiger partial charge on any atom is 0.359 e. The standard InChI is InChI=1S/C6H11N3O2/c1-2-3-9(7)5-4-6(10)11-8-5/h4,8H,2-3,7H2,1H3. The van der Waals surface area contributed by atoms with Gasteiger partial charge in [-0.05, 0) is 6.42 Å². The molecule has 0 amide bonds. The molecule has 0 radical (unpaired) electrons. The lowest BCUT2D eigenvalue weighted by Gasteiger charge is -2.12. The van der Waals surface area contributed by atoms with Crippen molar-refractivity contribution in [1.29, 1.82) is 0 Å². The molecule has 0 saturated carbocycles. The number of nitrogens with two attached hydrogens (primary N) is 1. The topological polar surface area (TPSA) is 75.3 Å². The van der Waals surface area contributed by atoms with Gasteiger partial charge in [-0.3, -0.25) is 5.01 Å². The molecule has 1 rings (SSSR count). The lowest BCUT2D eigenvalue weighted by atomic mass is 10.4. The van der Waals surface area contributed by atoms with Gasteiger partial charge in [0, 0.05) is 6.54 Å². The molecule has 5 nitrogen and oxygen atoms in total. The Morgan fingerprint density at radius 3 is 3.00 bits per heavy atom. The van der Waals surface area contributed by atoms with Crippen molar-refractivity contribution in [3.05, 3.63) is 16.5 Å². The van der Waals surface area contributed by atoms with Gasteiger partial charge in [0.1, 0.15) is 0 Å². The normalized spacial score (nSPS) is 10.0. The molecule has 0 aliphatic rings. The molecule has 0 fully saturated rings. The molecule has 1 aromatic rings. The number of hydrogen-bond donors (Lipinski definition) is 2. The van der Waals surface area contributed by atoms with Crippen LogP contribution >= 0.6 is 0 Å². The van der Waals surface area contributed by atoms with E-state index in [0.29, 0.717) is 12.4 Å². The monoisotopic (exact) mass is 157 g/mol. The number of hydrogen-bond acceptors (Lipinski definition) is 4. The van der Waals surface area contributed by atoms with E-state index >= 15 is 0 Å². The number of H-pyrrole nitrogens is 1. The molecule has 0 aliphatic carbocycles. The molecule has 11 heavy (non-hydrogen) atoms. The van der Waals surface area contributed by atoms with Crippen LogP contribution in [0.25, 0.3) is 0 Å². The Kier molecular flexibility index (Phi) is 2.32. The van der Waals surface area contributed by atoms with Gasteiger partial charge in [0.2, 0.25) is 0 Å². The maximum absolute atomic E-state index is 10.5. The van der Waals surface area contributed by atoms with Crippen molar-refractivity contribution >= 4 is 5.82 Å². The molecular weight excluding hydrogens is 146 g/mol. The van der Waals surface area contributed by atoms with Crippen molar-refractivity contribution in [2.45, 2.75) is 13.3 Å². The average Bonchev–Trinajstić information content (AvgIpc) is 2.36. The van der Waals surface area contributed by atoms with Crippen molar-refractivity contribution in [3.8, 4) is 0 Å². The third kappa shape index (κ3) is 1.84. The minimum absolute atomic E-state index is 0.411. The highest BCUT2D eigenvalue weighted by Gasteiger charge is 2.02. The summed E-state index contributed by atoms with van der Waals surface area (Å²) in [5, 5.41) is 3.84. The second-order valence-corrected chi connectivity index (χ2v) is 2.25. The SMILES string of the molecule is CCCN(N)c1cc(=O)o[nH]1. The number of aromatic nitrogens is 1. The van der Waals surface area contributed by atoms with E-state index < -0.39 is 5.63 Å². The van der Waals surface area contributed by atoms with Crippen molar-refractivity contribution in [2.75, 3.05) is 11.6 Å². The van der Waals surface area contributed by atoms with E-state index in [1.54, 1.807) is 0 Å². The molecule has 0 atom stereocenters. The Hall–Kier alpha value is -1.23. The first-order valence-electron chi connectivity index (χ1n) is 3.44. The molecule has 0 aromatic carbocycles. The van der Waals surface area contributed by atoms with Crippen molar-refractivity contribution in [2.24, 2.45) is 5.84 Å². The zero-order chi connectivity index (χ0) is 8.27. The summed E-state index contributed by atoms with van der Waals surface area (Å²) in [6.07, 6.45) is 0.920. The van der Waals surface area contributed by atoms with E-state index in [4.69, 9.17) is 5.84 Å². The fourth-order valence-corrected chi connectivity index (χ4v) is 0.776. The Morgan fingerprint density at radius 2 is 2.55 bits per heavy atom. The van der Waals surface area contributed by atoms with Crippen LogP contribution in [0.15, 0.2) is 15.4 Å². The van der Waals surface area contributed by atoms with Gasteiger partial charge in [0.05, 0.1) is 6.07 Å². The number of rotatable bonds is 3. The minimum Gasteiger partial charge on any atom is -0.337 e. The van der Waals surface area contributed by atoms with Gasteiger partial charge in [0.25, 0.3) is 0 Å². The fourth-order valence-electron chi connectivity index (χ4n) is 0.776. The second-order valence-electron chi connectivity index (χ2n) is 2.25. The lowest BCUT2D eigenvalue weighted by molar-refractivity contribution is 0.391. The summed E-state index contributed by atoms with van der Waals surface area (Å²) in [5.41, 5.74) is -0.411. The molecule has 1 aromatic heterocycles. The summed E-state index contributed by atoms with van der Waals surface area (Å²) < 4.78 is 4.43. The van der Waals surface area contributed by atoms with Crippen LogP contribution in [-0.4, -0.2) is 11.7 Å². The summed E-state index contributed by atoms with van der Waals surface area (Å²) in [4.78, 5) is 10.5. The molecule has 1 heterocycles. The van der Waals surface area contributed by atoms with Crippen LogP contribution < -0.4 is 16.5 Å². The number of nitrogens with zero attached hydrogens (tertiary/aromatic N) is 1. The van der Waals surface area contributed by atoms with Crippen LogP contribution in [0.1, 0.15) is 13.3 Å². The number of anilines is 1. The first-order valence-corrected chi connectivity index (χ1v) is 3.44. The third-order valence-electron chi connectivity index (χ3n) is 1.28. The molecular formula is C6H11N3O2. The zero-order valence-electron chi connectivity index (χ0n) is 6.33. The average molecular weight is 157 g/mol. The maximum atomic E-state index is 10.5. The van der Waals surface area contributed by atoms with Crippen molar-refractivity contribution < 1.29 is 4.52 Å². The molecule has 0 aliphatic heterocycles. The van der Waals surface area contributed by atoms with Crippen LogP contribution in [0.2, 0.25) is 0 Å². The van der Waals surface area contributed by atoms with Crippen LogP contribution in [0.4, 0.5) is 5.82 Å². The first-order chi connectivity index (χ1) is 5.24. The second kappa shape index (κ2) is 3.25. The summed E-state index contributed by atoms with van der Waals surface area (Å²) in [7, 11) is 0. The quantitative estimate of drug-likeness (QED) is 0.480. The van der Waals surface area contributed by atoms with E-state index in [9.17, 15) is 4.79 Å². The first kappa shape index (κ1) is 7.87. The fraction of sp³-hybridized carbons (Fsp3) is 0.500. The van der Waals surface area contributed by atoms with Gasteiger partial charge in [-0.15, -0.1) is 0 Å². The molecule has 5 heteroatoms. The predicted molar refractivity (Wildman–Crippen MR) is 41.2 cm³/mol. The Balaban J connectivity index is 2.68. The summed E-state index contributed by atoms with van der Waals surface area (Å²) >= 11 is 0. The van der Waals surface area contributed by atoms with Gasteiger partial charge >= 0.3 is 5.63 Å². The van der Waals surface area contributed by atoms with Gasteiger partial charge in [-0.25, -0.2) is 15.8 Å². The highest BCUT2D eigenvalue weighted by atomic mass is 16.5. The van der Waals surface area contributed by atoms with Crippen LogP contribution in [0, 0.1) is 0 Å². The highest BCUT2D eigenvalue weighted by molar-refractivity contribution is 5.32. The smallest absolute Gasteiger partial charge is 0.337 e. The minimum atomic E-state index is -0.411. The Bertz CT molecular complexity index is 265.